The van der Waals surface area contributed by atoms with E-state index in [4.69, 9.17) is 5.73 Å². The molecule has 0 aliphatic rings. The van der Waals surface area contributed by atoms with Gasteiger partial charge in [-0.25, -0.2) is 4.79 Å². The Balaban J connectivity index is 2.21. The van der Waals surface area contributed by atoms with E-state index in [0.717, 1.165) is 10.4 Å². The lowest BCUT2D eigenvalue weighted by atomic mass is 10.0. The lowest BCUT2D eigenvalue weighted by molar-refractivity contribution is -0.121. The summed E-state index contributed by atoms with van der Waals surface area (Å²) in [5.41, 5.74) is 7.22. The van der Waals surface area contributed by atoms with E-state index >= 15 is 0 Å². The minimum absolute atomic E-state index is 0.116. The molecule has 2 atom stereocenters. The summed E-state index contributed by atoms with van der Waals surface area (Å²) in [5, 5.41) is 7.34. The van der Waals surface area contributed by atoms with Crippen molar-refractivity contribution in [3.8, 4) is 0 Å². The van der Waals surface area contributed by atoms with Crippen molar-refractivity contribution in [2.75, 3.05) is 0 Å². The van der Waals surface area contributed by atoms with Gasteiger partial charge in [0.15, 0.2) is 0 Å². The van der Waals surface area contributed by atoms with Gasteiger partial charge < -0.3 is 5.73 Å². The van der Waals surface area contributed by atoms with Crippen LogP contribution in [0.1, 0.15) is 29.0 Å². The fourth-order valence-electron chi connectivity index (χ4n) is 2.11. The molecule has 1 heterocycles. The number of thiophene rings is 1. The zero-order chi connectivity index (χ0) is 16.1. The van der Waals surface area contributed by atoms with Gasteiger partial charge in [-0.3, -0.25) is 15.4 Å². The van der Waals surface area contributed by atoms with E-state index in [1.165, 1.54) is 5.56 Å². The van der Waals surface area contributed by atoms with Crippen LogP contribution < -0.4 is 16.4 Å². The molecular formula is C16H19N3O2S. The normalized spacial score (nSPS) is 13.4. The van der Waals surface area contributed by atoms with Crippen molar-refractivity contribution >= 4 is 23.3 Å². The molecule has 0 fully saturated rings. The first kappa shape index (κ1) is 16.2. The molecule has 0 aliphatic carbocycles. The van der Waals surface area contributed by atoms with Crippen LogP contribution in [0.4, 0.5) is 4.79 Å². The Hall–Kier alpha value is -2.18. The smallest absolute Gasteiger partial charge is 0.318 e. The number of benzene rings is 1. The van der Waals surface area contributed by atoms with E-state index in [0.29, 0.717) is 0 Å². The van der Waals surface area contributed by atoms with Crippen molar-refractivity contribution < 1.29 is 9.59 Å². The fourth-order valence-corrected chi connectivity index (χ4v) is 2.92. The molecular weight excluding hydrogens is 298 g/mol. The predicted octanol–water partition coefficient (Wildman–Crippen LogP) is 2.32. The number of hydrogen-bond acceptors (Lipinski definition) is 4. The van der Waals surface area contributed by atoms with Crippen LogP contribution in [0, 0.1) is 6.92 Å². The molecule has 0 radical (unpaired) electrons. The summed E-state index contributed by atoms with van der Waals surface area (Å²) in [7, 11) is 0. The summed E-state index contributed by atoms with van der Waals surface area (Å²) >= 11 is 1.61. The molecule has 2 aromatic rings. The maximum absolute atomic E-state index is 11.9. The summed E-state index contributed by atoms with van der Waals surface area (Å²) in [6.07, 6.45) is 0. The van der Waals surface area contributed by atoms with Gasteiger partial charge in [0, 0.05) is 4.88 Å². The number of carbonyl (C=O) groups is 2. The van der Waals surface area contributed by atoms with E-state index in [1.807, 2.05) is 48.7 Å². The molecule has 4 N–H and O–H groups in total. The van der Waals surface area contributed by atoms with E-state index in [9.17, 15) is 9.59 Å². The second-order valence-electron chi connectivity index (χ2n) is 5.10. The standard InChI is InChI=1S/C16H19N3O2S/c1-10-5-7-12(8-6-10)14(13-4-3-9-22-13)18-11(2)15(20)19-16(17)21/h3-9,11,14,18H,1-2H3,(H3,17,19,20,21)/t11-,14-/m1/s1. The second kappa shape index (κ2) is 7.20. The first-order valence-corrected chi connectivity index (χ1v) is 7.81. The number of urea groups is 1. The van der Waals surface area contributed by atoms with Gasteiger partial charge in [0.1, 0.15) is 0 Å². The Morgan fingerprint density at radius 1 is 1.18 bits per heavy atom. The highest BCUT2D eigenvalue weighted by Gasteiger charge is 2.22. The summed E-state index contributed by atoms with van der Waals surface area (Å²) in [6.45, 7) is 3.73. The lowest BCUT2D eigenvalue weighted by Gasteiger charge is -2.22. The molecule has 0 aliphatic heterocycles. The van der Waals surface area contributed by atoms with Crippen LogP contribution in [0.15, 0.2) is 41.8 Å². The molecule has 5 nitrogen and oxygen atoms in total. The zero-order valence-electron chi connectivity index (χ0n) is 12.5. The summed E-state index contributed by atoms with van der Waals surface area (Å²) in [4.78, 5) is 23.8. The van der Waals surface area contributed by atoms with Crippen molar-refractivity contribution in [2.24, 2.45) is 5.73 Å². The van der Waals surface area contributed by atoms with Gasteiger partial charge in [0.25, 0.3) is 0 Å². The topological polar surface area (TPSA) is 84.2 Å². The maximum atomic E-state index is 11.9. The molecule has 0 bridgehead atoms. The van der Waals surface area contributed by atoms with E-state index in [1.54, 1.807) is 18.3 Å². The largest absolute Gasteiger partial charge is 0.351 e. The van der Waals surface area contributed by atoms with Crippen LogP contribution >= 0.6 is 11.3 Å². The third kappa shape index (κ3) is 4.16. The quantitative estimate of drug-likeness (QED) is 0.791. The van der Waals surface area contributed by atoms with Crippen molar-refractivity contribution in [1.82, 2.24) is 10.6 Å². The van der Waals surface area contributed by atoms with Crippen molar-refractivity contribution in [3.63, 3.8) is 0 Å². The van der Waals surface area contributed by atoms with Gasteiger partial charge >= 0.3 is 6.03 Å². The number of rotatable bonds is 5. The lowest BCUT2D eigenvalue weighted by Crippen LogP contribution is -2.47. The molecule has 1 aromatic carbocycles. The van der Waals surface area contributed by atoms with Gasteiger partial charge in [-0.2, -0.15) is 0 Å². The molecule has 22 heavy (non-hydrogen) atoms. The van der Waals surface area contributed by atoms with Gasteiger partial charge in [-0.1, -0.05) is 35.9 Å². The first-order chi connectivity index (χ1) is 10.5. The van der Waals surface area contributed by atoms with Crippen molar-refractivity contribution in [3.05, 3.63) is 57.8 Å². The minimum Gasteiger partial charge on any atom is -0.351 e. The number of amides is 3. The molecule has 6 heteroatoms. The highest BCUT2D eigenvalue weighted by molar-refractivity contribution is 7.10. The van der Waals surface area contributed by atoms with Crippen LogP contribution in [-0.4, -0.2) is 18.0 Å². The number of hydrogen-bond donors (Lipinski definition) is 3. The molecule has 0 spiro atoms. The third-order valence-electron chi connectivity index (χ3n) is 3.29. The Labute approximate surface area is 133 Å². The van der Waals surface area contributed by atoms with Crippen LogP contribution in [0.2, 0.25) is 0 Å². The number of nitrogens with two attached hydrogens (primary N) is 1. The van der Waals surface area contributed by atoms with Crippen LogP contribution in [0.25, 0.3) is 0 Å². The van der Waals surface area contributed by atoms with Crippen molar-refractivity contribution in [2.45, 2.75) is 25.9 Å². The third-order valence-corrected chi connectivity index (χ3v) is 4.23. The number of carbonyl (C=O) groups excluding carboxylic acids is 2. The summed E-state index contributed by atoms with van der Waals surface area (Å²) in [5.74, 6) is -0.443. The molecule has 3 amide bonds. The Morgan fingerprint density at radius 2 is 1.86 bits per heavy atom. The average Bonchev–Trinajstić information content (AvgIpc) is 2.98. The zero-order valence-corrected chi connectivity index (χ0v) is 13.3. The molecule has 2 rings (SSSR count). The van der Waals surface area contributed by atoms with E-state index in [-0.39, 0.29) is 6.04 Å². The summed E-state index contributed by atoms with van der Waals surface area (Å²) < 4.78 is 0. The average molecular weight is 317 g/mol. The number of aryl methyl sites for hydroxylation is 1. The van der Waals surface area contributed by atoms with Gasteiger partial charge in [0.2, 0.25) is 5.91 Å². The predicted molar refractivity (Wildman–Crippen MR) is 87.7 cm³/mol. The molecule has 1 aromatic heterocycles. The Morgan fingerprint density at radius 3 is 2.41 bits per heavy atom. The van der Waals surface area contributed by atoms with Crippen LogP contribution in [-0.2, 0) is 4.79 Å². The van der Waals surface area contributed by atoms with Crippen LogP contribution in [0.5, 0.6) is 0 Å². The second-order valence-corrected chi connectivity index (χ2v) is 6.08. The molecule has 0 unspecified atom stereocenters. The minimum atomic E-state index is -0.846. The van der Waals surface area contributed by atoms with Gasteiger partial charge in [-0.05, 0) is 30.9 Å². The Kier molecular flexibility index (Phi) is 5.30. The number of primary amides is 1. The van der Waals surface area contributed by atoms with Gasteiger partial charge in [0.05, 0.1) is 12.1 Å². The van der Waals surface area contributed by atoms with Crippen molar-refractivity contribution in [1.29, 1.82) is 0 Å². The maximum Gasteiger partial charge on any atom is 0.318 e. The summed E-state index contributed by atoms with van der Waals surface area (Å²) in [6, 6.07) is 10.6. The number of nitrogens with one attached hydrogen (secondary N) is 2. The monoisotopic (exact) mass is 317 g/mol. The molecule has 0 saturated heterocycles. The van der Waals surface area contributed by atoms with Crippen LogP contribution in [0.3, 0.4) is 0 Å². The first-order valence-electron chi connectivity index (χ1n) is 6.93. The number of imide groups is 1. The fraction of sp³-hybridized carbons (Fsp3) is 0.250. The molecule has 0 saturated carbocycles. The van der Waals surface area contributed by atoms with E-state index < -0.39 is 18.0 Å². The Bertz CT molecular complexity index is 638. The van der Waals surface area contributed by atoms with E-state index in [2.05, 4.69) is 10.6 Å². The SMILES string of the molecule is Cc1ccc([C@@H](N[C@H](C)C(=O)NC(N)=O)c2cccs2)cc1. The highest BCUT2D eigenvalue weighted by atomic mass is 32.1. The highest BCUT2D eigenvalue weighted by Crippen LogP contribution is 2.26. The molecule has 116 valence electrons. The van der Waals surface area contributed by atoms with Gasteiger partial charge in [-0.15, -0.1) is 11.3 Å².